The molecule has 9 nitrogen and oxygen atoms in total. The monoisotopic (exact) mass is 705 g/mol. The minimum atomic E-state index is -4.89. The highest BCUT2D eigenvalue weighted by molar-refractivity contribution is 7.91. The number of alkyl halides is 3. The highest BCUT2D eigenvalue weighted by Crippen LogP contribution is 2.39. The average molecular weight is 707 g/mol. The summed E-state index contributed by atoms with van der Waals surface area (Å²) in [6.45, 7) is 6.92. The molecule has 1 aliphatic rings. The van der Waals surface area contributed by atoms with Crippen LogP contribution in [-0.2, 0) is 38.6 Å². The molecule has 1 saturated heterocycles. The van der Waals surface area contributed by atoms with Gasteiger partial charge in [0, 0.05) is 24.5 Å². The van der Waals surface area contributed by atoms with Gasteiger partial charge in [-0.3, -0.25) is 19.1 Å². The third-order valence-electron chi connectivity index (χ3n) is 7.85. The molecule has 1 N–H and O–H groups in total. The van der Waals surface area contributed by atoms with Gasteiger partial charge in [0.15, 0.2) is 9.84 Å². The van der Waals surface area contributed by atoms with Crippen LogP contribution in [0.15, 0.2) is 38.8 Å². The molecule has 1 fully saturated rings. The molecule has 15 heteroatoms. The predicted molar refractivity (Wildman–Crippen MR) is 170 cm³/mol. The van der Waals surface area contributed by atoms with Crippen molar-refractivity contribution in [3.8, 4) is 0 Å². The summed E-state index contributed by atoms with van der Waals surface area (Å²) in [5, 5.41) is -0.734. The van der Waals surface area contributed by atoms with Crippen LogP contribution < -0.4 is 11.2 Å². The second kappa shape index (κ2) is 13.7. The standard InChI is InChI=1S/C31H36Cl2F3N3O6S/c1-5-46(43,44)24-10-9-20(32)13-19(24)16-39-28(41)21-14-23(31(34,35)36)22(26(33)27(21)37-29(39)42)17-38-12-6-7-18(15-38)8-11-25(40)45-30(2,3)4/h9-10,13-14,18H,5-8,11-12,15-17H2,1-4H3,(H,37,42)/t18-/m1/s1. The maximum atomic E-state index is 14.5. The number of carbonyl (C=O) groups is 1. The van der Waals surface area contributed by atoms with Gasteiger partial charge in [-0.05, 0) is 87.9 Å². The fourth-order valence-corrected chi connectivity index (χ4v) is 7.33. The molecule has 4 rings (SSSR count). The molecular weight excluding hydrogens is 670 g/mol. The van der Waals surface area contributed by atoms with Crippen molar-refractivity contribution in [2.24, 2.45) is 5.92 Å². The van der Waals surface area contributed by atoms with Crippen molar-refractivity contribution in [1.82, 2.24) is 14.5 Å². The van der Waals surface area contributed by atoms with E-state index in [0.717, 1.165) is 6.42 Å². The lowest BCUT2D eigenvalue weighted by molar-refractivity contribution is -0.155. The molecule has 46 heavy (non-hydrogen) atoms. The topological polar surface area (TPSA) is 119 Å². The lowest BCUT2D eigenvalue weighted by Crippen LogP contribution is -2.37. The summed E-state index contributed by atoms with van der Waals surface area (Å²) in [5.74, 6) is -0.552. The number of nitrogens with zero attached hydrogens (tertiary/aromatic N) is 2. The van der Waals surface area contributed by atoms with Crippen LogP contribution in [-0.4, -0.2) is 53.3 Å². The molecule has 0 radical (unpaired) electrons. The molecule has 0 amide bonds. The summed E-state index contributed by atoms with van der Waals surface area (Å²) in [6, 6.07) is 4.57. The van der Waals surface area contributed by atoms with Crippen molar-refractivity contribution in [3.05, 3.63) is 71.8 Å². The zero-order valence-corrected chi connectivity index (χ0v) is 28.2. The minimum absolute atomic E-state index is 0.0337. The first-order chi connectivity index (χ1) is 21.3. The number of nitrogens with one attached hydrogen (secondary N) is 1. The van der Waals surface area contributed by atoms with Crippen molar-refractivity contribution in [3.63, 3.8) is 0 Å². The number of aromatic amines is 1. The van der Waals surface area contributed by atoms with Gasteiger partial charge in [-0.25, -0.2) is 13.2 Å². The number of ether oxygens (including phenoxy) is 1. The van der Waals surface area contributed by atoms with E-state index in [0.29, 0.717) is 36.6 Å². The lowest BCUT2D eigenvalue weighted by atomic mass is 9.92. The Morgan fingerprint density at radius 3 is 2.43 bits per heavy atom. The van der Waals surface area contributed by atoms with E-state index >= 15 is 0 Å². The Morgan fingerprint density at radius 2 is 1.80 bits per heavy atom. The molecule has 1 aliphatic heterocycles. The zero-order valence-electron chi connectivity index (χ0n) is 25.9. The molecule has 2 aromatic carbocycles. The molecule has 0 bridgehead atoms. The number of carbonyl (C=O) groups excluding carboxylic acids is 1. The number of piperidine rings is 1. The van der Waals surface area contributed by atoms with Crippen LogP contribution in [0.2, 0.25) is 10.0 Å². The number of benzene rings is 2. The minimum Gasteiger partial charge on any atom is -0.460 e. The van der Waals surface area contributed by atoms with Crippen LogP contribution in [0.3, 0.4) is 0 Å². The van der Waals surface area contributed by atoms with Crippen LogP contribution in [0.1, 0.15) is 70.1 Å². The number of halogens is 5. The Morgan fingerprint density at radius 1 is 1.11 bits per heavy atom. The Balaban J connectivity index is 1.70. The van der Waals surface area contributed by atoms with Crippen LogP contribution in [0.25, 0.3) is 10.9 Å². The number of rotatable bonds is 9. The number of hydrogen-bond donors (Lipinski definition) is 1. The smallest absolute Gasteiger partial charge is 0.416 e. The van der Waals surface area contributed by atoms with E-state index in [1.165, 1.54) is 25.1 Å². The van der Waals surface area contributed by atoms with Crippen molar-refractivity contribution in [2.75, 3.05) is 18.8 Å². The summed E-state index contributed by atoms with van der Waals surface area (Å²) < 4.78 is 74.7. The molecular formula is C31H36Cl2F3N3O6S. The third kappa shape index (κ3) is 8.34. The SMILES string of the molecule is CCS(=O)(=O)c1ccc(Cl)cc1Cn1c(=O)[nH]c2c(Cl)c(CN3CCC[C@H](CCC(=O)OC(C)(C)C)C3)c(C(F)(F)F)cc2c1=O. The van der Waals surface area contributed by atoms with Crippen LogP contribution in [0, 0.1) is 5.92 Å². The summed E-state index contributed by atoms with van der Waals surface area (Å²) in [6.07, 6.45) is -2.68. The molecule has 0 spiro atoms. The molecule has 2 heterocycles. The van der Waals surface area contributed by atoms with Crippen LogP contribution in [0.5, 0.6) is 0 Å². The Labute approximate surface area is 274 Å². The number of esters is 1. The maximum absolute atomic E-state index is 14.5. The fourth-order valence-electron chi connectivity index (χ4n) is 5.71. The van der Waals surface area contributed by atoms with E-state index in [9.17, 15) is 36.0 Å². The molecule has 252 valence electrons. The van der Waals surface area contributed by atoms with Gasteiger partial charge < -0.3 is 9.72 Å². The number of fused-ring (bicyclic) bond motifs is 1. The van der Waals surface area contributed by atoms with Crippen LogP contribution >= 0.6 is 23.2 Å². The van der Waals surface area contributed by atoms with Gasteiger partial charge in [-0.15, -0.1) is 0 Å². The fraction of sp³-hybridized carbons (Fsp3) is 0.516. The molecule has 0 unspecified atom stereocenters. The third-order valence-corrected chi connectivity index (χ3v) is 10.3. The van der Waals surface area contributed by atoms with E-state index in [1.54, 1.807) is 20.8 Å². The number of likely N-dealkylation sites (tertiary alicyclic amines) is 1. The predicted octanol–water partition coefficient (Wildman–Crippen LogP) is 6.19. The van der Waals surface area contributed by atoms with Gasteiger partial charge in [0.05, 0.1) is 38.7 Å². The Bertz CT molecular complexity index is 1870. The second-order valence-electron chi connectivity index (χ2n) is 12.5. The Kier molecular flexibility index (Phi) is 10.7. The highest BCUT2D eigenvalue weighted by atomic mass is 35.5. The van der Waals surface area contributed by atoms with E-state index < -0.39 is 55.4 Å². The lowest BCUT2D eigenvalue weighted by Gasteiger charge is -2.33. The first kappa shape index (κ1) is 36.0. The normalized spacial score (nSPS) is 16.6. The summed E-state index contributed by atoms with van der Waals surface area (Å²) in [5.41, 5.74) is -4.28. The number of sulfone groups is 1. The maximum Gasteiger partial charge on any atom is 0.416 e. The summed E-state index contributed by atoms with van der Waals surface area (Å²) in [4.78, 5) is 43.0. The molecule has 0 aliphatic carbocycles. The number of H-pyrrole nitrogens is 1. The summed E-state index contributed by atoms with van der Waals surface area (Å²) >= 11 is 12.6. The quantitative estimate of drug-likeness (QED) is 0.264. The van der Waals surface area contributed by atoms with Crippen molar-refractivity contribution in [1.29, 1.82) is 0 Å². The van der Waals surface area contributed by atoms with E-state index in [-0.39, 0.29) is 57.2 Å². The van der Waals surface area contributed by atoms with Gasteiger partial charge in [0.1, 0.15) is 5.60 Å². The Hall–Kier alpha value is -2.87. The zero-order chi connectivity index (χ0) is 34.2. The molecule has 1 aromatic heterocycles. The second-order valence-corrected chi connectivity index (χ2v) is 15.5. The van der Waals surface area contributed by atoms with E-state index in [4.69, 9.17) is 27.9 Å². The number of hydrogen-bond acceptors (Lipinski definition) is 7. The number of aromatic nitrogens is 2. The van der Waals surface area contributed by atoms with Gasteiger partial charge >= 0.3 is 17.8 Å². The molecule has 0 saturated carbocycles. The summed E-state index contributed by atoms with van der Waals surface area (Å²) in [7, 11) is -3.79. The molecule has 1 atom stereocenters. The van der Waals surface area contributed by atoms with Crippen molar-refractivity contribution < 1.29 is 31.1 Å². The highest BCUT2D eigenvalue weighted by Gasteiger charge is 2.37. The average Bonchev–Trinajstić information content (AvgIpc) is 2.94. The van der Waals surface area contributed by atoms with Gasteiger partial charge in [0.2, 0.25) is 0 Å². The first-order valence-corrected chi connectivity index (χ1v) is 17.2. The first-order valence-electron chi connectivity index (χ1n) is 14.8. The van der Waals surface area contributed by atoms with Crippen LogP contribution in [0.4, 0.5) is 13.2 Å². The van der Waals surface area contributed by atoms with E-state index in [1.807, 2.05) is 4.90 Å². The van der Waals surface area contributed by atoms with Gasteiger partial charge in [-0.1, -0.05) is 30.1 Å². The van der Waals surface area contributed by atoms with Crippen molar-refractivity contribution in [2.45, 2.75) is 83.1 Å². The molecule has 3 aromatic rings. The van der Waals surface area contributed by atoms with Gasteiger partial charge in [-0.2, -0.15) is 13.2 Å². The largest absolute Gasteiger partial charge is 0.460 e. The van der Waals surface area contributed by atoms with Gasteiger partial charge in [0.25, 0.3) is 5.56 Å². The van der Waals surface area contributed by atoms with E-state index in [2.05, 4.69) is 4.98 Å². The van der Waals surface area contributed by atoms with Crippen molar-refractivity contribution >= 4 is 49.9 Å².